The van der Waals surface area contributed by atoms with Crippen LogP contribution < -0.4 is 35.8 Å². The first kappa shape index (κ1) is 36.9. The highest BCUT2D eigenvalue weighted by molar-refractivity contribution is 6.06. The second-order valence-corrected chi connectivity index (χ2v) is 12.9. The van der Waals surface area contributed by atoms with Gasteiger partial charge in [-0.3, -0.25) is 24.7 Å². The Balaban J connectivity index is 1.12. The molecular formula is C38H41F3N8O4. The molecule has 2 aliphatic rings. The Labute approximate surface area is 305 Å². The normalized spacial score (nSPS) is 15.3. The van der Waals surface area contributed by atoms with E-state index in [1.165, 1.54) is 32.4 Å². The quantitative estimate of drug-likeness (QED) is 0.137. The van der Waals surface area contributed by atoms with Gasteiger partial charge in [-0.15, -0.1) is 0 Å². The molecule has 4 amide bonds. The molecular weight excluding hydrogens is 689 g/mol. The number of rotatable bonds is 11. The van der Waals surface area contributed by atoms with Crippen LogP contribution >= 0.6 is 0 Å². The Morgan fingerprint density at radius 3 is 2.42 bits per heavy atom. The minimum Gasteiger partial charge on any atom is -0.494 e. The van der Waals surface area contributed by atoms with Crippen LogP contribution in [0.3, 0.4) is 0 Å². The number of urea groups is 1. The molecule has 0 saturated carbocycles. The fourth-order valence-electron chi connectivity index (χ4n) is 6.71. The van der Waals surface area contributed by atoms with Gasteiger partial charge >= 0.3 is 12.2 Å². The van der Waals surface area contributed by atoms with Crippen molar-refractivity contribution in [3.8, 4) is 5.75 Å². The van der Waals surface area contributed by atoms with Gasteiger partial charge in [-0.25, -0.2) is 9.78 Å². The molecule has 0 spiro atoms. The first-order valence-electron chi connectivity index (χ1n) is 17.2. The van der Waals surface area contributed by atoms with Crippen molar-refractivity contribution in [2.45, 2.75) is 38.0 Å². The largest absolute Gasteiger partial charge is 0.494 e. The smallest absolute Gasteiger partial charge is 0.419 e. The number of carbonyl (C=O) groups is 3. The Morgan fingerprint density at radius 1 is 0.962 bits per heavy atom. The molecule has 0 unspecified atom stereocenters. The number of amides is 4. The van der Waals surface area contributed by atoms with Gasteiger partial charge in [0.1, 0.15) is 11.6 Å². The molecule has 6 rings (SSSR count). The highest BCUT2D eigenvalue weighted by Crippen LogP contribution is 2.39. The highest BCUT2D eigenvalue weighted by Gasteiger charge is 2.35. The van der Waals surface area contributed by atoms with Crippen LogP contribution in [0, 0.1) is 0 Å². The maximum absolute atomic E-state index is 14.0. The van der Waals surface area contributed by atoms with Crippen molar-refractivity contribution in [2.24, 2.45) is 0 Å². The third-order valence-corrected chi connectivity index (χ3v) is 9.53. The van der Waals surface area contributed by atoms with E-state index in [0.717, 1.165) is 49.1 Å². The second-order valence-electron chi connectivity index (χ2n) is 12.9. The third kappa shape index (κ3) is 8.46. The van der Waals surface area contributed by atoms with Crippen molar-refractivity contribution >= 4 is 52.1 Å². The molecule has 0 bridgehead atoms. The molecule has 2 aliphatic heterocycles. The van der Waals surface area contributed by atoms with Crippen molar-refractivity contribution in [1.29, 1.82) is 0 Å². The standard InChI is InChI=1S/C38H41F3N8O4/c1-42-36(51)27-9-5-6-10-29(27)44-31-21-34(43-22-28(31)38(39,40)41)45-30-13-12-26(20-33(30)53-3)48-17-14-25(15-18-48)47(2)23-24-8-4-7-11-32(24)49-19-16-35(50)46-37(49)52/h4-13,20-22,25H,14-19,23H2,1-3H3,(H,42,51)(H2,43,44,45)(H,46,50,52). The van der Waals surface area contributed by atoms with E-state index in [1.54, 1.807) is 23.1 Å². The van der Waals surface area contributed by atoms with Gasteiger partial charge in [0.05, 0.1) is 35.3 Å². The van der Waals surface area contributed by atoms with Crippen molar-refractivity contribution in [3.63, 3.8) is 0 Å². The van der Waals surface area contributed by atoms with Gasteiger partial charge in [-0.1, -0.05) is 30.3 Å². The van der Waals surface area contributed by atoms with Crippen LogP contribution in [-0.4, -0.2) is 74.6 Å². The summed E-state index contributed by atoms with van der Waals surface area (Å²) in [7, 11) is 5.05. The molecule has 0 aliphatic carbocycles. The summed E-state index contributed by atoms with van der Waals surface area (Å²) in [6, 6.07) is 20.8. The van der Waals surface area contributed by atoms with E-state index in [9.17, 15) is 27.6 Å². The van der Waals surface area contributed by atoms with E-state index in [4.69, 9.17) is 4.74 Å². The average Bonchev–Trinajstić information content (AvgIpc) is 3.15. The number of anilines is 6. The second kappa shape index (κ2) is 15.8. The van der Waals surface area contributed by atoms with Crippen LogP contribution in [0.1, 0.15) is 40.7 Å². The molecule has 0 atom stereocenters. The molecule has 0 radical (unpaired) electrons. The zero-order valence-corrected chi connectivity index (χ0v) is 29.6. The Hall–Kier alpha value is -5.83. The van der Waals surface area contributed by atoms with Crippen LogP contribution in [0.4, 0.5) is 52.2 Å². The summed E-state index contributed by atoms with van der Waals surface area (Å²) >= 11 is 0. The predicted molar refractivity (Wildman–Crippen MR) is 197 cm³/mol. The molecule has 4 aromatic rings. The van der Waals surface area contributed by atoms with Crippen molar-refractivity contribution in [1.82, 2.24) is 20.5 Å². The maximum atomic E-state index is 14.0. The zero-order chi connectivity index (χ0) is 37.7. The summed E-state index contributed by atoms with van der Waals surface area (Å²) in [6.07, 6.45) is -1.89. The monoisotopic (exact) mass is 730 g/mol. The number of pyridine rings is 1. The summed E-state index contributed by atoms with van der Waals surface area (Å²) in [5.41, 5.74) is 2.41. The molecule has 3 aromatic carbocycles. The van der Waals surface area contributed by atoms with Crippen LogP contribution in [-0.2, 0) is 17.5 Å². The Bertz CT molecular complexity index is 1980. The number of hydrogen-bond acceptors (Lipinski definition) is 9. The zero-order valence-electron chi connectivity index (χ0n) is 29.6. The molecule has 3 heterocycles. The van der Waals surface area contributed by atoms with Crippen molar-refractivity contribution in [2.75, 3.05) is 61.3 Å². The number of piperidine rings is 1. The number of halogens is 3. The number of ether oxygens (including phenoxy) is 1. The molecule has 15 heteroatoms. The lowest BCUT2D eigenvalue weighted by atomic mass is 10.0. The van der Waals surface area contributed by atoms with E-state index in [0.29, 0.717) is 30.6 Å². The number of methoxy groups -OCH3 is 1. The van der Waals surface area contributed by atoms with Gasteiger partial charge in [-0.2, -0.15) is 13.2 Å². The summed E-state index contributed by atoms with van der Waals surface area (Å²) in [5.74, 6) is -0.0782. The van der Waals surface area contributed by atoms with E-state index in [-0.39, 0.29) is 35.1 Å². The van der Waals surface area contributed by atoms with Gasteiger partial charge in [0.25, 0.3) is 5.91 Å². The fraction of sp³-hybridized carbons (Fsp3) is 0.316. The predicted octanol–water partition coefficient (Wildman–Crippen LogP) is 6.50. The number of nitrogens with one attached hydrogen (secondary N) is 4. The molecule has 2 fully saturated rings. The minimum absolute atomic E-state index is 0.142. The molecule has 12 nitrogen and oxygen atoms in total. The van der Waals surface area contributed by atoms with Gasteiger partial charge in [-0.05, 0) is 55.8 Å². The molecule has 278 valence electrons. The number of para-hydroxylation sites is 2. The summed E-state index contributed by atoms with van der Waals surface area (Å²) in [6.45, 7) is 2.56. The van der Waals surface area contributed by atoms with Crippen LogP contribution in [0.5, 0.6) is 5.75 Å². The van der Waals surface area contributed by atoms with Gasteiger partial charge in [0.15, 0.2) is 0 Å². The van der Waals surface area contributed by atoms with Gasteiger partial charge in [0, 0.05) is 75.4 Å². The molecule has 4 N–H and O–H groups in total. The first-order valence-corrected chi connectivity index (χ1v) is 17.2. The number of carbonyl (C=O) groups excluding carboxylic acids is 3. The van der Waals surface area contributed by atoms with Crippen molar-refractivity contribution < 1.29 is 32.3 Å². The molecule has 53 heavy (non-hydrogen) atoms. The lowest BCUT2D eigenvalue weighted by molar-refractivity contribution is -0.137. The van der Waals surface area contributed by atoms with Crippen molar-refractivity contribution in [3.05, 3.63) is 95.7 Å². The van der Waals surface area contributed by atoms with E-state index in [2.05, 4.69) is 43.1 Å². The van der Waals surface area contributed by atoms with Crippen LogP contribution in [0.2, 0.25) is 0 Å². The number of imide groups is 1. The Kier molecular flexibility index (Phi) is 11.0. The minimum atomic E-state index is -4.70. The molecule has 1 aromatic heterocycles. The number of alkyl halides is 3. The Morgan fingerprint density at radius 2 is 1.70 bits per heavy atom. The third-order valence-electron chi connectivity index (χ3n) is 9.53. The first-order chi connectivity index (χ1) is 25.4. The summed E-state index contributed by atoms with van der Waals surface area (Å²) in [5, 5.41) is 10.8. The number of nitrogens with zero attached hydrogens (tertiary/aromatic N) is 4. The van der Waals surface area contributed by atoms with Gasteiger partial charge < -0.3 is 25.6 Å². The van der Waals surface area contributed by atoms with E-state index >= 15 is 0 Å². The van der Waals surface area contributed by atoms with Gasteiger partial charge in [0.2, 0.25) is 5.91 Å². The number of aromatic nitrogens is 1. The highest BCUT2D eigenvalue weighted by atomic mass is 19.4. The lowest BCUT2D eigenvalue weighted by Crippen LogP contribution is -2.50. The van der Waals surface area contributed by atoms with Crippen LogP contribution in [0.25, 0.3) is 0 Å². The average molecular weight is 731 g/mol. The fourth-order valence-corrected chi connectivity index (χ4v) is 6.71. The summed E-state index contributed by atoms with van der Waals surface area (Å²) < 4.78 is 47.8. The topological polar surface area (TPSA) is 131 Å². The van der Waals surface area contributed by atoms with E-state index < -0.39 is 23.7 Å². The number of hydrogen-bond donors (Lipinski definition) is 4. The maximum Gasteiger partial charge on any atom is 0.419 e. The summed E-state index contributed by atoms with van der Waals surface area (Å²) in [4.78, 5) is 46.8. The SMILES string of the molecule is CNC(=O)c1ccccc1Nc1cc(Nc2ccc(N3CCC(N(C)Cc4ccccc4N4CCC(=O)NC4=O)CC3)cc2OC)ncc1C(F)(F)F. The number of benzene rings is 3. The van der Waals surface area contributed by atoms with Crippen LogP contribution in [0.15, 0.2) is 79.0 Å². The van der Waals surface area contributed by atoms with E-state index in [1.807, 2.05) is 36.4 Å². The molecule has 2 saturated heterocycles. The lowest BCUT2D eigenvalue weighted by Gasteiger charge is -2.38.